The van der Waals surface area contributed by atoms with Crippen LogP contribution in [-0.4, -0.2) is 21.2 Å². The number of nitrogens with zero attached hydrogens (tertiary/aromatic N) is 2. The van der Waals surface area contributed by atoms with E-state index in [1.165, 1.54) is 22.5 Å². The van der Waals surface area contributed by atoms with E-state index < -0.39 is 0 Å². The third kappa shape index (κ3) is 3.67. The lowest BCUT2D eigenvalue weighted by Crippen LogP contribution is -2.21. The number of hydrogen-bond acceptors (Lipinski definition) is 6. The fraction of sp³-hybridized carbons (Fsp3) is 0.438. The van der Waals surface area contributed by atoms with E-state index in [1.54, 1.807) is 11.8 Å². The summed E-state index contributed by atoms with van der Waals surface area (Å²) < 4.78 is 0.867. The van der Waals surface area contributed by atoms with Gasteiger partial charge in [-0.2, -0.15) is 0 Å². The van der Waals surface area contributed by atoms with Gasteiger partial charge < -0.3 is 5.32 Å². The molecule has 1 N–H and O–H groups in total. The molecule has 0 spiro atoms. The average molecular weight is 333 g/mol. The lowest BCUT2D eigenvalue weighted by molar-refractivity contribution is -0.119. The zero-order valence-electron chi connectivity index (χ0n) is 12.8. The van der Waals surface area contributed by atoms with Crippen molar-refractivity contribution in [1.29, 1.82) is 0 Å². The zero-order valence-corrected chi connectivity index (χ0v) is 14.4. The van der Waals surface area contributed by atoms with Crippen molar-refractivity contribution in [3.8, 4) is 0 Å². The van der Waals surface area contributed by atoms with Crippen LogP contribution in [0.3, 0.4) is 0 Å². The summed E-state index contributed by atoms with van der Waals surface area (Å²) in [6, 6.07) is 6.24. The number of thioether (sulfide) groups is 1. The van der Waals surface area contributed by atoms with Crippen molar-refractivity contribution < 1.29 is 4.79 Å². The van der Waals surface area contributed by atoms with Crippen LogP contribution in [-0.2, 0) is 4.79 Å². The van der Waals surface area contributed by atoms with Crippen molar-refractivity contribution in [3.63, 3.8) is 0 Å². The number of aromatic nitrogens is 2. The Labute approximate surface area is 138 Å². The summed E-state index contributed by atoms with van der Waals surface area (Å²) in [5.41, 5.74) is 3.54. The van der Waals surface area contributed by atoms with E-state index in [0.29, 0.717) is 12.2 Å². The van der Waals surface area contributed by atoms with Crippen LogP contribution in [0, 0.1) is 13.8 Å². The minimum atomic E-state index is 0.0659. The first-order chi connectivity index (χ1) is 10.6. The van der Waals surface area contributed by atoms with Crippen LogP contribution in [0.4, 0.5) is 10.8 Å². The molecule has 0 aliphatic heterocycles. The molecule has 1 saturated carbocycles. The summed E-state index contributed by atoms with van der Waals surface area (Å²) >= 11 is 3.08. The predicted octanol–water partition coefficient (Wildman–Crippen LogP) is 4.50. The van der Waals surface area contributed by atoms with Gasteiger partial charge in [-0.1, -0.05) is 35.6 Å². The van der Waals surface area contributed by atoms with Crippen molar-refractivity contribution in [3.05, 3.63) is 29.3 Å². The number of hydrogen-bond donors (Lipinski definition) is 1. The molecule has 22 heavy (non-hydrogen) atoms. The number of anilines is 2. The molecule has 1 atom stereocenters. The number of benzene rings is 1. The summed E-state index contributed by atoms with van der Waals surface area (Å²) in [5.74, 6) is 0.357. The third-order valence-electron chi connectivity index (χ3n) is 3.91. The number of ketones is 1. The van der Waals surface area contributed by atoms with E-state index >= 15 is 0 Å². The summed E-state index contributed by atoms with van der Waals surface area (Å²) in [5, 5.41) is 12.5. The lowest BCUT2D eigenvalue weighted by Gasteiger charge is -2.17. The van der Waals surface area contributed by atoms with E-state index in [2.05, 4.69) is 41.5 Å². The maximum atomic E-state index is 11.9. The Morgan fingerprint density at radius 1 is 1.23 bits per heavy atom. The van der Waals surface area contributed by atoms with E-state index in [0.717, 1.165) is 34.4 Å². The molecule has 0 bridgehead atoms. The van der Waals surface area contributed by atoms with Gasteiger partial charge in [0.2, 0.25) is 5.13 Å². The van der Waals surface area contributed by atoms with Crippen LogP contribution < -0.4 is 5.32 Å². The van der Waals surface area contributed by atoms with Gasteiger partial charge in [0.1, 0.15) is 5.78 Å². The largest absolute Gasteiger partial charge is 0.330 e. The Kier molecular flexibility index (Phi) is 4.78. The van der Waals surface area contributed by atoms with E-state index in [-0.39, 0.29) is 5.25 Å². The number of rotatable bonds is 4. The molecule has 3 rings (SSSR count). The Morgan fingerprint density at radius 2 is 2.09 bits per heavy atom. The predicted molar refractivity (Wildman–Crippen MR) is 92.2 cm³/mol. The molecule has 1 aromatic heterocycles. The maximum absolute atomic E-state index is 11.9. The number of aryl methyl sites for hydroxylation is 2. The van der Waals surface area contributed by atoms with Gasteiger partial charge in [0.25, 0.3) is 0 Å². The summed E-state index contributed by atoms with van der Waals surface area (Å²) in [4.78, 5) is 11.9. The number of Topliss-reactive ketones (excluding diaryl/α,β-unsaturated/α-hetero) is 1. The molecule has 1 aliphatic rings. The highest BCUT2D eigenvalue weighted by atomic mass is 32.2. The second-order valence-corrected chi connectivity index (χ2v) is 8.04. The van der Waals surface area contributed by atoms with Gasteiger partial charge in [0.05, 0.1) is 5.25 Å². The second kappa shape index (κ2) is 6.79. The van der Waals surface area contributed by atoms with Crippen LogP contribution in [0.5, 0.6) is 0 Å². The summed E-state index contributed by atoms with van der Waals surface area (Å²) in [6.45, 7) is 4.19. The van der Waals surface area contributed by atoms with Crippen molar-refractivity contribution in [2.45, 2.75) is 49.1 Å². The standard InChI is InChI=1S/C16H19N3OS2/c1-10-7-8-12(9-11(10)2)17-15-18-19-16(22-15)21-14-6-4-3-5-13(14)20/h7-9,14H,3-6H2,1-2H3,(H,17,18). The maximum Gasteiger partial charge on any atom is 0.210 e. The van der Waals surface area contributed by atoms with Crippen molar-refractivity contribution in [1.82, 2.24) is 10.2 Å². The third-order valence-corrected chi connectivity index (χ3v) is 6.14. The first-order valence-corrected chi connectivity index (χ1v) is 9.18. The fourth-order valence-electron chi connectivity index (χ4n) is 2.45. The first kappa shape index (κ1) is 15.5. The molecular formula is C16H19N3OS2. The van der Waals surface area contributed by atoms with Gasteiger partial charge in [0, 0.05) is 12.1 Å². The SMILES string of the molecule is Cc1ccc(Nc2nnc(SC3CCCCC3=O)s2)cc1C. The monoisotopic (exact) mass is 333 g/mol. The van der Waals surface area contributed by atoms with Crippen LogP contribution in [0.2, 0.25) is 0 Å². The van der Waals surface area contributed by atoms with E-state index in [1.807, 2.05) is 6.07 Å². The molecule has 0 radical (unpaired) electrons. The second-order valence-electron chi connectivity index (χ2n) is 5.62. The van der Waals surface area contributed by atoms with Crippen LogP contribution >= 0.6 is 23.1 Å². The Morgan fingerprint density at radius 3 is 2.86 bits per heavy atom. The Hall–Kier alpha value is -1.40. The highest BCUT2D eigenvalue weighted by Gasteiger charge is 2.24. The quantitative estimate of drug-likeness (QED) is 0.892. The lowest BCUT2D eigenvalue weighted by atomic mass is 9.99. The van der Waals surface area contributed by atoms with Gasteiger partial charge in [-0.3, -0.25) is 4.79 Å². The molecule has 1 fully saturated rings. The Balaban J connectivity index is 1.65. The number of carbonyl (C=O) groups excluding carboxylic acids is 1. The van der Waals surface area contributed by atoms with Gasteiger partial charge >= 0.3 is 0 Å². The molecule has 1 aromatic carbocycles. The molecule has 1 aliphatic carbocycles. The Bertz CT molecular complexity index is 684. The zero-order chi connectivity index (χ0) is 15.5. The topological polar surface area (TPSA) is 54.9 Å². The summed E-state index contributed by atoms with van der Waals surface area (Å²) in [7, 11) is 0. The van der Waals surface area contributed by atoms with Crippen LogP contribution in [0.15, 0.2) is 22.5 Å². The highest BCUT2D eigenvalue weighted by Crippen LogP contribution is 2.35. The molecule has 6 heteroatoms. The molecule has 0 amide bonds. The van der Waals surface area contributed by atoms with Crippen molar-refractivity contribution >= 4 is 39.7 Å². The number of nitrogens with one attached hydrogen (secondary N) is 1. The van der Waals surface area contributed by atoms with Gasteiger partial charge in [-0.05, 0) is 49.9 Å². The summed E-state index contributed by atoms with van der Waals surface area (Å²) in [6.07, 6.45) is 3.84. The molecule has 0 saturated heterocycles. The van der Waals surface area contributed by atoms with Gasteiger partial charge in [0.15, 0.2) is 4.34 Å². The van der Waals surface area contributed by atoms with Crippen LogP contribution in [0.25, 0.3) is 0 Å². The molecular weight excluding hydrogens is 314 g/mol. The van der Waals surface area contributed by atoms with Crippen LogP contribution in [0.1, 0.15) is 36.8 Å². The first-order valence-electron chi connectivity index (χ1n) is 7.49. The minimum Gasteiger partial charge on any atom is -0.330 e. The average Bonchev–Trinajstić information content (AvgIpc) is 2.93. The number of carbonyl (C=O) groups is 1. The normalized spacial score (nSPS) is 18.5. The smallest absolute Gasteiger partial charge is 0.210 e. The van der Waals surface area contributed by atoms with Gasteiger partial charge in [-0.25, -0.2) is 0 Å². The van der Waals surface area contributed by atoms with Crippen molar-refractivity contribution in [2.24, 2.45) is 0 Å². The highest BCUT2D eigenvalue weighted by molar-refractivity contribution is 8.02. The minimum absolute atomic E-state index is 0.0659. The van der Waals surface area contributed by atoms with Gasteiger partial charge in [-0.15, -0.1) is 10.2 Å². The van der Waals surface area contributed by atoms with E-state index in [4.69, 9.17) is 0 Å². The molecule has 116 valence electrons. The molecule has 4 nitrogen and oxygen atoms in total. The molecule has 2 aromatic rings. The fourth-order valence-corrected chi connectivity index (χ4v) is 4.59. The van der Waals surface area contributed by atoms with Crippen molar-refractivity contribution in [2.75, 3.05) is 5.32 Å². The molecule has 1 unspecified atom stereocenters. The molecule has 1 heterocycles. The van der Waals surface area contributed by atoms with E-state index in [9.17, 15) is 4.79 Å².